The minimum atomic E-state index is 0.418. The molecule has 0 saturated heterocycles. The van der Waals surface area contributed by atoms with E-state index in [2.05, 4.69) is 53.6 Å². The van der Waals surface area contributed by atoms with Crippen LogP contribution in [0.5, 0.6) is 0 Å². The summed E-state index contributed by atoms with van der Waals surface area (Å²) in [6.45, 7) is 8.89. The van der Waals surface area contributed by atoms with E-state index in [0.717, 1.165) is 11.2 Å². The van der Waals surface area contributed by atoms with Gasteiger partial charge in [0.05, 0.1) is 0 Å². The van der Waals surface area contributed by atoms with Crippen LogP contribution in [0.1, 0.15) is 19.4 Å². The van der Waals surface area contributed by atoms with E-state index in [1.165, 1.54) is 5.56 Å². The van der Waals surface area contributed by atoms with Gasteiger partial charge in [0.1, 0.15) is 0 Å². The quantitative estimate of drug-likeness (QED) is 0.446. The molecule has 1 aromatic carbocycles. The van der Waals surface area contributed by atoms with Gasteiger partial charge in [0.15, 0.2) is 0 Å². The van der Waals surface area contributed by atoms with E-state index in [1.807, 2.05) is 24.3 Å². The van der Waals surface area contributed by atoms with Gasteiger partial charge in [-0.05, 0) is 0 Å². The summed E-state index contributed by atoms with van der Waals surface area (Å²) in [7, 11) is 0. The molecule has 16 heavy (non-hydrogen) atoms. The van der Waals surface area contributed by atoms with Crippen LogP contribution in [0.4, 0.5) is 0 Å². The Balaban J connectivity index is 2.61. The third-order valence-electron chi connectivity index (χ3n) is 2.81. The van der Waals surface area contributed by atoms with Crippen molar-refractivity contribution in [1.29, 1.82) is 0 Å². The number of aliphatic imine (C=N–C) groups is 1. The van der Waals surface area contributed by atoms with Crippen molar-refractivity contribution in [3.8, 4) is 0 Å². The molecule has 0 saturated carbocycles. The third-order valence-corrected chi connectivity index (χ3v) is 3.86. The number of hydrogen-bond donors (Lipinski definition) is 0. The first-order valence-corrected chi connectivity index (χ1v) is 6.38. The number of hydrogen-bond acceptors (Lipinski definition) is 1. The van der Waals surface area contributed by atoms with E-state index in [9.17, 15) is 0 Å². The molecule has 0 amide bonds. The van der Waals surface area contributed by atoms with Crippen LogP contribution in [0.25, 0.3) is 0 Å². The first kappa shape index (κ1) is 13.2. The van der Waals surface area contributed by atoms with Crippen LogP contribution in [-0.4, -0.2) is 20.6 Å². The Bertz CT molecular complexity index is 356. The van der Waals surface area contributed by atoms with E-state index in [1.54, 1.807) is 0 Å². The molecule has 0 heterocycles. The van der Waals surface area contributed by atoms with Gasteiger partial charge in [0.2, 0.25) is 0 Å². The summed E-state index contributed by atoms with van der Waals surface area (Å²) < 4.78 is 1.08. The summed E-state index contributed by atoms with van der Waals surface area (Å²) >= 11 is 3.06. The normalized spacial score (nSPS) is 15.5. The molecule has 2 heteroatoms. The van der Waals surface area contributed by atoms with Gasteiger partial charge < -0.3 is 0 Å². The van der Waals surface area contributed by atoms with Crippen molar-refractivity contribution in [1.82, 2.24) is 0 Å². The molecular weight excluding hydrogens is 261 g/mol. The summed E-state index contributed by atoms with van der Waals surface area (Å²) in [5.74, 6) is 0.872. The first-order valence-electron chi connectivity index (χ1n) is 5.53. The second kappa shape index (κ2) is 6.67. The van der Waals surface area contributed by atoms with Gasteiger partial charge in [-0.25, -0.2) is 0 Å². The summed E-state index contributed by atoms with van der Waals surface area (Å²) in [5.41, 5.74) is 1.24. The zero-order chi connectivity index (χ0) is 12.0. The summed E-state index contributed by atoms with van der Waals surface area (Å²) in [5, 5.41) is 0. The first-order chi connectivity index (χ1) is 7.65. The van der Waals surface area contributed by atoms with Crippen LogP contribution in [0.15, 0.2) is 48.0 Å². The Morgan fingerprint density at radius 3 is 2.56 bits per heavy atom. The Hall–Kier alpha value is -0.851. The fraction of sp³-hybridized carbons (Fsp3) is 0.357. The average Bonchev–Trinajstić information content (AvgIpc) is 2.35. The second-order valence-corrected chi connectivity index (χ2v) is 4.90. The van der Waals surface area contributed by atoms with Crippen LogP contribution in [0, 0.1) is 11.8 Å². The fourth-order valence-electron chi connectivity index (χ4n) is 1.33. The Kier molecular flexibility index (Phi) is 5.51. The molecule has 1 rings (SSSR count). The van der Waals surface area contributed by atoms with Crippen LogP contribution in [-0.2, 0) is 6.54 Å². The molecule has 0 aliphatic heterocycles. The van der Waals surface area contributed by atoms with Crippen LogP contribution < -0.4 is 0 Å². The molecule has 2 atom stereocenters. The SMILES string of the molecule is C=CC(C)C(C)C([Se])=NCc1ccccc1. The van der Waals surface area contributed by atoms with Gasteiger partial charge in [0, 0.05) is 0 Å². The van der Waals surface area contributed by atoms with E-state index in [0.29, 0.717) is 11.8 Å². The molecule has 0 fully saturated rings. The molecule has 0 aromatic heterocycles. The minimum absolute atomic E-state index is 0.418. The Morgan fingerprint density at radius 1 is 1.38 bits per heavy atom. The van der Waals surface area contributed by atoms with Crippen molar-refractivity contribution in [2.75, 3.05) is 0 Å². The van der Waals surface area contributed by atoms with Crippen molar-refractivity contribution < 1.29 is 0 Å². The molecule has 0 bridgehead atoms. The topological polar surface area (TPSA) is 12.4 Å². The monoisotopic (exact) mass is 280 g/mol. The fourth-order valence-corrected chi connectivity index (χ4v) is 1.91. The van der Waals surface area contributed by atoms with Crippen molar-refractivity contribution in [2.24, 2.45) is 16.8 Å². The zero-order valence-electron chi connectivity index (χ0n) is 9.89. The van der Waals surface area contributed by atoms with Crippen molar-refractivity contribution in [3.63, 3.8) is 0 Å². The predicted molar refractivity (Wildman–Crippen MR) is 71.9 cm³/mol. The van der Waals surface area contributed by atoms with Gasteiger partial charge in [-0.2, -0.15) is 0 Å². The predicted octanol–water partition coefficient (Wildman–Crippen LogP) is 3.21. The van der Waals surface area contributed by atoms with Gasteiger partial charge in [-0.1, -0.05) is 0 Å². The Morgan fingerprint density at radius 2 is 2.00 bits per heavy atom. The van der Waals surface area contributed by atoms with Gasteiger partial charge in [-0.3, -0.25) is 0 Å². The third kappa shape index (κ3) is 3.96. The van der Waals surface area contributed by atoms with E-state index in [-0.39, 0.29) is 0 Å². The van der Waals surface area contributed by atoms with Crippen molar-refractivity contribution >= 4 is 20.6 Å². The maximum atomic E-state index is 4.58. The molecule has 1 radical (unpaired) electrons. The van der Waals surface area contributed by atoms with E-state index < -0.39 is 0 Å². The molecule has 0 aliphatic rings. The van der Waals surface area contributed by atoms with Crippen LogP contribution in [0.3, 0.4) is 0 Å². The van der Waals surface area contributed by atoms with Gasteiger partial charge >= 0.3 is 106 Å². The maximum absolute atomic E-state index is 4.58. The summed E-state index contributed by atoms with van der Waals surface area (Å²) in [4.78, 5) is 4.58. The molecule has 0 N–H and O–H groups in total. The molecule has 85 valence electrons. The van der Waals surface area contributed by atoms with E-state index >= 15 is 0 Å². The molecule has 0 spiro atoms. The summed E-state index contributed by atoms with van der Waals surface area (Å²) in [6, 6.07) is 10.3. The van der Waals surface area contributed by atoms with Crippen molar-refractivity contribution in [3.05, 3.63) is 48.6 Å². The molecule has 2 unspecified atom stereocenters. The summed E-state index contributed by atoms with van der Waals surface area (Å²) in [6.07, 6.45) is 1.97. The Labute approximate surface area is 106 Å². The van der Waals surface area contributed by atoms with E-state index in [4.69, 9.17) is 0 Å². The number of benzene rings is 1. The number of rotatable bonds is 5. The second-order valence-electron chi connectivity index (χ2n) is 4.02. The molecule has 0 aliphatic carbocycles. The zero-order valence-corrected chi connectivity index (χ0v) is 11.6. The average molecular weight is 279 g/mol. The van der Waals surface area contributed by atoms with Crippen LogP contribution >= 0.6 is 0 Å². The molecular formula is C14H18NSe. The standard InChI is InChI=1S/C14H18NSe/c1-4-11(2)12(3)14(16)15-10-13-8-6-5-7-9-13/h4-9,11-12H,1,10H2,2-3H3. The molecule has 1 nitrogen and oxygen atoms in total. The van der Waals surface area contributed by atoms with Gasteiger partial charge in [0.25, 0.3) is 0 Å². The van der Waals surface area contributed by atoms with Crippen LogP contribution in [0.2, 0.25) is 0 Å². The van der Waals surface area contributed by atoms with Gasteiger partial charge in [-0.15, -0.1) is 0 Å². The molecule has 1 aromatic rings. The number of nitrogens with zero attached hydrogens (tertiary/aromatic N) is 1. The van der Waals surface area contributed by atoms with Crippen molar-refractivity contribution in [2.45, 2.75) is 20.4 Å². The number of allylic oxidation sites excluding steroid dienone is 1.